The number of nitrogens with one attached hydrogen (secondary N) is 1. The van der Waals surface area contributed by atoms with Gasteiger partial charge in [0, 0.05) is 18.2 Å². The number of nitro benzene ring substituents is 1. The van der Waals surface area contributed by atoms with Crippen LogP contribution in [0, 0.1) is 15.5 Å². The van der Waals surface area contributed by atoms with Crippen molar-refractivity contribution < 1.29 is 4.92 Å². The molecule has 2 rings (SSSR count). The Balaban J connectivity index is 2.09. The number of rotatable bonds is 6. The smallest absolute Gasteiger partial charge is 0.269 e. The molecule has 0 saturated heterocycles. The largest absolute Gasteiger partial charge is 0.314 e. The average Bonchev–Trinajstić information content (AvgIpc) is 3.11. The molecule has 4 nitrogen and oxygen atoms in total. The van der Waals surface area contributed by atoms with E-state index in [0.717, 1.165) is 18.5 Å². The molecule has 1 aromatic carbocycles. The summed E-state index contributed by atoms with van der Waals surface area (Å²) in [7, 11) is 0. The standard InChI is InChI=1S/C14H20N2O2/c1-3-15-11(2)14(7-8-14)10-12-5-4-6-13(9-12)16(17)18/h4-6,9,11,15H,3,7-8,10H2,1-2H3. The highest BCUT2D eigenvalue weighted by Gasteiger charge is 2.46. The van der Waals surface area contributed by atoms with Crippen LogP contribution in [0.15, 0.2) is 24.3 Å². The fourth-order valence-corrected chi connectivity index (χ4v) is 2.63. The van der Waals surface area contributed by atoms with Crippen molar-refractivity contribution in [2.45, 2.75) is 39.2 Å². The number of hydrogen-bond acceptors (Lipinski definition) is 3. The molecule has 98 valence electrons. The molecule has 0 aliphatic heterocycles. The van der Waals surface area contributed by atoms with E-state index in [2.05, 4.69) is 19.2 Å². The lowest BCUT2D eigenvalue weighted by molar-refractivity contribution is -0.384. The zero-order valence-corrected chi connectivity index (χ0v) is 11.0. The maximum Gasteiger partial charge on any atom is 0.269 e. The van der Waals surface area contributed by atoms with Gasteiger partial charge in [-0.2, -0.15) is 0 Å². The summed E-state index contributed by atoms with van der Waals surface area (Å²) in [4.78, 5) is 10.4. The molecular formula is C14H20N2O2. The highest BCUT2D eigenvalue weighted by atomic mass is 16.6. The normalized spacial score (nSPS) is 18.3. The predicted molar refractivity (Wildman–Crippen MR) is 71.6 cm³/mol. The van der Waals surface area contributed by atoms with Crippen LogP contribution in [0.4, 0.5) is 5.69 Å². The van der Waals surface area contributed by atoms with Crippen LogP contribution in [-0.4, -0.2) is 17.5 Å². The summed E-state index contributed by atoms with van der Waals surface area (Å²) in [5.74, 6) is 0. The van der Waals surface area contributed by atoms with E-state index in [-0.39, 0.29) is 10.6 Å². The zero-order valence-electron chi connectivity index (χ0n) is 11.0. The quantitative estimate of drug-likeness (QED) is 0.622. The first-order chi connectivity index (χ1) is 8.57. The highest BCUT2D eigenvalue weighted by molar-refractivity contribution is 5.35. The first-order valence-electron chi connectivity index (χ1n) is 6.54. The van der Waals surface area contributed by atoms with Crippen molar-refractivity contribution in [2.24, 2.45) is 5.41 Å². The van der Waals surface area contributed by atoms with Crippen LogP contribution in [0.3, 0.4) is 0 Å². The highest BCUT2D eigenvalue weighted by Crippen LogP contribution is 2.51. The van der Waals surface area contributed by atoms with E-state index in [9.17, 15) is 10.1 Å². The van der Waals surface area contributed by atoms with Crippen molar-refractivity contribution in [3.05, 3.63) is 39.9 Å². The van der Waals surface area contributed by atoms with E-state index in [1.807, 2.05) is 6.07 Å². The fraction of sp³-hybridized carbons (Fsp3) is 0.571. The van der Waals surface area contributed by atoms with Crippen molar-refractivity contribution in [3.8, 4) is 0 Å². The van der Waals surface area contributed by atoms with Crippen molar-refractivity contribution >= 4 is 5.69 Å². The van der Waals surface area contributed by atoms with E-state index in [0.29, 0.717) is 11.5 Å². The van der Waals surface area contributed by atoms with Gasteiger partial charge in [0.2, 0.25) is 0 Å². The molecule has 1 fully saturated rings. The molecular weight excluding hydrogens is 228 g/mol. The Bertz CT molecular complexity index is 441. The van der Waals surface area contributed by atoms with Crippen LogP contribution in [0.2, 0.25) is 0 Å². The van der Waals surface area contributed by atoms with Crippen LogP contribution >= 0.6 is 0 Å². The molecule has 1 aliphatic carbocycles. The van der Waals surface area contributed by atoms with Gasteiger partial charge < -0.3 is 5.32 Å². The summed E-state index contributed by atoms with van der Waals surface area (Å²) < 4.78 is 0. The number of benzene rings is 1. The minimum Gasteiger partial charge on any atom is -0.314 e. The van der Waals surface area contributed by atoms with Gasteiger partial charge in [0.25, 0.3) is 5.69 Å². The molecule has 0 radical (unpaired) electrons. The lowest BCUT2D eigenvalue weighted by atomic mass is 9.89. The molecule has 1 aromatic rings. The second-order valence-electron chi connectivity index (χ2n) is 5.25. The number of non-ortho nitro benzene ring substituents is 1. The van der Waals surface area contributed by atoms with Gasteiger partial charge in [0.15, 0.2) is 0 Å². The van der Waals surface area contributed by atoms with E-state index in [4.69, 9.17) is 0 Å². The summed E-state index contributed by atoms with van der Waals surface area (Å²) >= 11 is 0. The van der Waals surface area contributed by atoms with Crippen LogP contribution < -0.4 is 5.32 Å². The van der Waals surface area contributed by atoms with Gasteiger partial charge in [-0.15, -0.1) is 0 Å². The molecule has 0 heterocycles. The molecule has 18 heavy (non-hydrogen) atoms. The summed E-state index contributed by atoms with van der Waals surface area (Å²) in [5.41, 5.74) is 1.58. The van der Waals surface area contributed by atoms with Crippen molar-refractivity contribution in [2.75, 3.05) is 6.54 Å². The van der Waals surface area contributed by atoms with Gasteiger partial charge in [-0.3, -0.25) is 10.1 Å². The van der Waals surface area contributed by atoms with Crippen LogP contribution in [0.5, 0.6) is 0 Å². The maximum absolute atomic E-state index is 10.8. The van der Waals surface area contributed by atoms with Gasteiger partial charge in [0.1, 0.15) is 0 Å². The summed E-state index contributed by atoms with van der Waals surface area (Å²) in [6, 6.07) is 7.50. The average molecular weight is 248 g/mol. The molecule has 1 unspecified atom stereocenters. The maximum atomic E-state index is 10.8. The van der Waals surface area contributed by atoms with Crippen LogP contribution in [0.25, 0.3) is 0 Å². The molecule has 1 atom stereocenters. The topological polar surface area (TPSA) is 55.2 Å². The van der Waals surface area contributed by atoms with E-state index >= 15 is 0 Å². The van der Waals surface area contributed by atoms with E-state index in [1.165, 1.54) is 12.8 Å². The third kappa shape index (κ3) is 2.70. The van der Waals surface area contributed by atoms with Gasteiger partial charge >= 0.3 is 0 Å². The zero-order chi connectivity index (χ0) is 13.2. The Morgan fingerprint density at radius 3 is 2.78 bits per heavy atom. The molecule has 1 aliphatic rings. The second-order valence-corrected chi connectivity index (χ2v) is 5.25. The van der Waals surface area contributed by atoms with Crippen LogP contribution in [0.1, 0.15) is 32.3 Å². The van der Waals surface area contributed by atoms with Gasteiger partial charge in [-0.05, 0) is 43.7 Å². The molecule has 4 heteroatoms. The Morgan fingerprint density at radius 1 is 1.50 bits per heavy atom. The third-order valence-corrected chi connectivity index (χ3v) is 4.00. The first kappa shape index (κ1) is 13.0. The lowest BCUT2D eigenvalue weighted by Crippen LogP contribution is -2.35. The van der Waals surface area contributed by atoms with Gasteiger partial charge in [-0.25, -0.2) is 0 Å². The minimum absolute atomic E-state index is 0.194. The molecule has 1 N–H and O–H groups in total. The van der Waals surface area contributed by atoms with Crippen molar-refractivity contribution in [1.82, 2.24) is 5.32 Å². The van der Waals surface area contributed by atoms with Crippen molar-refractivity contribution in [1.29, 1.82) is 0 Å². The van der Waals surface area contributed by atoms with Gasteiger partial charge in [-0.1, -0.05) is 19.1 Å². The second kappa shape index (κ2) is 5.06. The number of nitrogens with zero attached hydrogens (tertiary/aromatic N) is 1. The Labute approximate surface area is 108 Å². The van der Waals surface area contributed by atoms with Gasteiger partial charge in [0.05, 0.1) is 4.92 Å². The Hall–Kier alpha value is -1.42. The Morgan fingerprint density at radius 2 is 2.22 bits per heavy atom. The minimum atomic E-state index is -0.323. The molecule has 1 saturated carbocycles. The first-order valence-corrected chi connectivity index (χ1v) is 6.54. The SMILES string of the molecule is CCNC(C)C1(Cc2cccc([N+](=O)[O-])c2)CC1. The molecule has 0 bridgehead atoms. The van der Waals surface area contributed by atoms with E-state index < -0.39 is 0 Å². The monoisotopic (exact) mass is 248 g/mol. The van der Waals surface area contributed by atoms with Crippen LogP contribution in [-0.2, 0) is 6.42 Å². The van der Waals surface area contributed by atoms with E-state index in [1.54, 1.807) is 18.2 Å². The molecule has 0 spiro atoms. The summed E-state index contributed by atoms with van der Waals surface area (Å²) in [6.45, 7) is 5.30. The lowest BCUT2D eigenvalue weighted by Gasteiger charge is -2.24. The number of nitro groups is 1. The van der Waals surface area contributed by atoms with Crippen molar-refractivity contribution in [3.63, 3.8) is 0 Å². The molecule has 0 amide bonds. The third-order valence-electron chi connectivity index (χ3n) is 4.00. The summed E-state index contributed by atoms with van der Waals surface area (Å²) in [5, 5.41) is 14.2. The predicted octanol–water partition coefficient (Wildman–Crippen LogP) is 2.92. The fourth-order valence-electron chi connectivity index (χ4n) is 2.63. The number of hydrogen-bond donors (Lipinski definition) is 1. The summed E-state index contributed by atoms with van der Waals surface area (Å²) in [6.07, 6.45) is 3.36. The molecule has 0 aromatic heterocycles. The Kier molecular flexibility index (Phi) is 3.66.